The summed E-state index contributed by atoms with van der Waals surface area (Å²) in [6, 6.07) is 8.32. The van der Waals surface area contributed by atoms with E-state index in [0.29, 0.717) is 0 Å². The molecule has 0 saturated heterocycles. The second-order valence-corrected chi connectivity index (χ2v) is 6.65. The molecule has 0 fully saturated rings. The number of hydrogen-bond donors (Lipinski definition) is 2. The molecule has 0 saturated carbocycles. The molecule has 0 radical (unpaired) electrons. The van der Waals surface area contributed by atoms with Gasteiger partial charge in [0.2, 0.25) is 0 Å². The van der Waals surface area contributed by atoms with Crippen molar-refractivity contribution in [2.45, 2.75) is 53.5 Å². The van der Waals surface area contributed by atoms with Gasteiger partial charge in [-0.2, -0.15) is 0 Å². The molecule has 2 N–H and O–H groups in total. The van der Waals surface area contributed by atoms with Crippen molar-refractivity contribution < 1.29 is 0 Å². The average molecular weight is 298 g/mol. The summed E-state index contributed by atoms with van der Waals surface area (Å²) in [6.07, 6.45) is 0.987. The van der Waals surface area contributed by atoms with E-state index in [1.807, 2.05) is 13.0 Å². The minimum Gasteiger partial charge on any atom is -0.365 e. The first kappa shape index (κ1) is 16.3. The third kappa shape index (κ3) is 4.20. The Bertz CT molecular complexity index is 657. The number of benzene rings is 1. The van der Waals surface area contributed by atoms with Gasteiger partial charge in [0, 0.05) is 17.3 Å². The molecular weight excluding hydrogens is 272 g/mol. The van der Waals surface area contributed by atoms with Crippen LogP contribution in [0.15, 0.2) is 24.3 Å². The maximum Gasteiger partial charge on any atom is 0.136 e. The maximum absolute atomic E-state index is 4.51. The van der Waals surface area contributed by atoms with Crippen LogP contribution in [0.5, 0.6) is 0 Å². The molecule has 22 heavy (non-hydrogen) atoms. The summed E-state index contributed by atoms with van der Waals surface area (Å²) in [4.78, 5) is 8.98. The first-order chi connectivity index (χ1) is 10.3. The molecule has 0 atom stereocenters. The third-order valence-corrected chi connectivity index (χ3v) is 3.33. The van der Waals surface area contributed by atoms with Crippen LogP contribution in [0.3, 0.4) is 0 Å². The standard InChI is InChI=1S/C18H26N4/c1-7-14-10-8-9-12(2)17(14)21-15-11-16(20-13(3)19-15)22-18(4,5)6/h8-11H,7H2,1-6H3,(H2,19,20,21,22). The molecule has 4 nitrogen and oxygen atoms in total. The highest BCUT2D eigenvalue weighted by Crippen LogP contribution is 2.26. The van der Waals surface area contributed by atoms with Crippen LogP contribution in [0.1, 0.15) is 44.6 Å². The predicted molar refractivity (Wildman–Crippen MR) is 94.0 cm³/mol. The second kappa shape index (κ2) is 6.34. The van der Waals surface area contributed by atoms with Gasteiger partial charge in [0.1, 0.15) is 17.5 Å². The fraction of sp³-hybridized carbons (Fsp3) is 0.444. The first-order valence-electron chi connectivity index (χ1n) is 7.78. The van der Waals surface area contributed by atoms with Crippen molar-refractivity contribution in [1.29, 1.82) is 0 Å². The molecule has 0 bridgehead atoms. The monoisotopic (exact) mass is 298 g/mol. The Hall–Kier alpha value is -2.10. The lowest BCUT2D eigenvalue weighted by molar-refractivity contribution is 0.629. The largest absolute Gasteiger partial charge is 0.365 e. The number of rotatable bonds is 4. The highest BCUT2D eigenvalue weighted by molar-refractivity contribution is 5.66. The number of anilines is 3. The van der Waals surface area contributed by atoms with E-state index < -0.39 is 0 Å². The van der Waals surface area contributed by atoms with E-state index in [1.54, 1.807) is 0 Å². The number of aromatic nitrogens is 2. The van der Waals surface area contributed by atoms with Gasteiger partial charge in [-0.05, 0) is 52.2 Å². The molecule has 4 heteroatoms. The van der Waals surface area contributed by atoms with Crippen LogP contribution in [-0.2, 0) is 6.42 Å². The molecule has 1 heterocycles. The molecule has 2 rings (SSSR count). The summed E-state index contributed by atoms with van der Waals surface area (Å²) in [5.74, 6) is 2.42. The number of hydrogen-bond acceptors (Lipinski definition) is 4. The zero-order valence-electron chi connectivity index (χ0n) is 14.4. The van der Waals surface area contributed by atoms with Gasteiger partial charge in [0.15, 0.2) is 0 Å². The van der Waals surface area contributed by atoms with Crippen molar-refractivity contribution in [3.05, 3.63) is 41.2 Å². The third-order valence-electron chi connectivity index (χ3n) is 3.33. The summed E-state index contributed by atoms with van der Waals surface area (Å²) in [5.41, 5.74) is 3.63. The number of aryl methyl sites for hydroxylation is 3. The number of nitrogens with zero attached hydrogens (tertiary/aromatic N) is 2. The van der Waals surface area contributed by atoms with Crippen LogP contribution in [0, 0.1) is 13.8 Å². The quantitative estimate of drug-likeness (QED) is 0.865. The Kier molecular flexibility index (Phi) is 4.69. The fourth-order valence-electron chi connectivity index (χ4n) is 2.41. The molecular formula is C18H26N4. The van der Waals surface area contributed by atoms with Crippen LogP contribution >= 0.6 is 0 Å². The molecule has 0 aliphatic carbocycles. The van der Waals surface area contributed by atoms with Gasteiger partial charge in [-0.15, -0.1) is 0 Å². The molecule has 118 valence electrons. The second-order valence-electron chi connectivity index (χ2n) is 6.65. The zero-order valence-corrected chi connectivity index (χ0v) is 14.4. The number of para-hydroxylation sites is 1. The lowest BCUT2D eigenvalue weighted by Crippen LogP contribution is -2.27. The van der Waals surface area contributed by atoms with E-state index in [0.717, 1.165) is 29.6 Å². The van der Waals surface area contributed by atoms with E-state index in [2.05, 4.69) is 73.4 Å². The molecule has 1 aromatic carbocycles. The lowest BCUT2D eigenvalue weighted by atomic mass is 10.1. The van der Waals surface area contributed by atoms with Gasteiger partial charge >= 0.3 is 0 Å². The molecule has 0 amide bonds. The Labute approximate surface area is 133 Å². The molecule has 2 aromatic rings. The van der Waals surface area contributed by atoms with E-state index >= 15 is 0 Å². The molecule has 0 spiro atoms. The van der Waals surface area contributed by atoms with E-state index in [4.69, 9.17) is 0 Å². The smallest absolute Gasteiger partial charge is 0.136 e. The Morgan fingerprint density at radius 1 is 1.05 bits per heavy atom. The molecule has 0 unspecified atom stereocenters. The first-order valence-corrected chi connectivity index (χ1v) is 7.78. The van der Waals surface area contributed by atoms with Gasteiger partial charge in [0.05, 0.1) is 0 Å². The molecule has 0 aliphatic rings. The highest BCUT2D eigenvalue weighted by Gasteiger charge is 2.12. The van der Waals surface area contributed by atoms with Crippen molar-refractivity contribution in [3.8, 4) is 0 Å². The van der Waals surface area contributed by atoms with Gasteiger partial charge < -0.3 is 10.6 Å². The van der Waals surface area contributed by atoms with E-state index in [9.17, 15) is 0 Å². The van der Waals surface area contributed by atoms with Crippen LogP contribution in [0.4, 0.5) is 17.3 Å². The topological polar surface area (TPSA) is 49.8 Å². The predicted octanol–water partition coefficient (Wildman–Crippen LogP) is 4.61. The Balaban J connectivity index is 2.34. The van der Waals surface area contributed by atoms with Crippen molar-refractivity contribution >= 4 is 17.3 Å². The Morgan fingerprint density at radius 2 is 1.73 bits per heavy atom. The molecule has 0 aliphatic heterocycles. The summed E-state index contributed by atoms with van der Waals surface area (Å²) < 4.78 is 0. The van der Waals surface area contributed by atoms with Gasteiger partial charge in [-0.25, -0.2) is 9.97 Å². The SMILES string of the molecule is CCc1cccc(C)c1Nc1cc(NC(C)(C)C)nc(C)n1. The van der Waals surface area contributed by atoms with Crippen LogP contribution in [-0.4, -0.2) is 15.5 Å². The summed E-state index contributed by atoms with van der Waals surface area (Å²) in [6.45, 7) is 12.6. The minimum atomic E-state index is -0.0324. The summed E-state index contributed by atoms with van der Waals surface area (Å²) in [7, 11) is 0. The normalized spacial score (nSPS) is 11.4. The summed E-state index contributed by atoms with van der Waals surface area (Å²) >= 11 is 0. The zero-order chi connectivity index (χ0) is 16.3. The van der Waals surface area contributed by atoms with E-state index in [1.165, 1.54) is 11.1 Å². The highest BCUT2D eigenvalue weighted by atomic mass is 15.1. The Morgan fingerprint density at radius 3 is 2.36 bits per heavy atom. The maximum atomic E-state index is 4.51. The van der Waals surface area contributed by atoms with Gasteiger partial charge in [-0.1, -0.05) is 25.1 Å². The fourth-order valence-corrected chi connectivity index (χ4v) is 2.41. The van der Waals surface area contributed by atoms with Gasteiger partial charge in [0.25, 0.3) is 0 Å². The van der Waals surface area contributed by atoms with Crippen LogP contribution in [0.25, 0.3) is 0 Å². The van der Waals surface area contributed by atoms with Crippen molar-refractivity contribution in [2.75, 3.05) is 10.6 Å². The van der Waals surface area contributed by atoms with E-state index in [-0.39, 0.29) is 5.54 Å². The van der Waals surface area contributed by atoms with Gasteiger partial charge in [-0.3, -0.25) is 0 Å². The van der Waals surface area contributed by atoms with Crippen molar-refractivity contribution in [2.24, 2.45) is 0 Å². The van der Waals surface area contributed by atoms with Crippen molar-refractivity contribution in [3.63, 3.8) is 0 Å². The van der Waals surface area contributed by atoms with Crippen LogP contribution < -0.4 is 10.6 Å². The minimum absolute atomic E-state index is 0.0324. The molecule has 1 aromatic heterocycles. The van der Waals surface area contributed by atoms with Crippen LogP contribution in [0.2, 0.25) is 0 Å². The lowest BCUT2D eigenvalue weighted by Gasteiger charge is -2.22. The summed E-state index contributed by atoms with van der Waals surface area (Å²) in [5, 5.41) is 6.87. The average Bonchev–Trinajstić information content (AvgIpc) is 2.38. The van der Waals surface area contributed by atoms with Crippen molar-refractivity contribution in [1.82, 2.24) is 9.97 Å². The number of nitrogens with one attached hydrogen (secondary N) is 2.